The SMILES string of the molecule is CCCn1c(=O)n(C)c(=O)c2c(SC(C)C(=O)NCCc3ccccc3)nc(C(C)C)nc21. The zero-order valence-corrected chi connectivity index (χ0v) is 20.6. The normalized spacial score (nSPS) is 12.3. The number of carbonyl (C=O) groups is 1. The van der Waals surface area contributed by atoms with E-state index in [4.69, 9.17) is 0 Å². The Morgan fingerprint density at radius 3 is 2.45 bits per heavy atom. The Balaban J connectivity index is 1.93. The molecule has 0 saturated heterocycles. The Labute approximate surface area is 197 Å². The number of aryl methyl sites for hydroxylation is 1. The van der Waals surface area contributed by atoms with Gasteiger partial charge in [-0.1, -0.05) is 62.9 Å². The molecule has 2 aromatic heterocycles. The number of rotatable bonds is 9. The predicted octanol–water partition coefficient (Wildman–Crippen LogP) is 2.86. The van der Waals surface area contributed by atoms with Gasteiger partial charge in [0, 0.05) is 26.1 Å². The minimum atomic E-state index is -0.477. The zero-order valence-electron chi connectivity index (χ0n) is 19.8. The molecule has 0 radical (unpaired) electrons. The topological polar surface area (TPSA) is 98.9 Å². The quantitative estimate of drug-likeness (QED) is 0.382. The van der Waals surface area contributed by atoms with Gasteiger partial charge in [-0.15, -0.1) is 0 Å². The second kappa shape index (κ2) is 10.8. The molecule has 0 aliphatic rings. The monoisotopic (exact) mass is 469 g/mol. The molecule has 1 atom stereocenters. The maximum atomic E-state index is 13.0. The van der Waals surface area contributed by atoms with Crippen LogP contribution in [0.15, 0.2) is 44.9 Å². The summed E-state index contributed by atoms with van der Waals surface area (Å²) in [6.45, 7) is 8.63. The first-order valence-electron chi connectivity index (χ1n) is 11.2. The smallest absolute Gasteiger partial charge is 0.332 e. The fraction of sp³-hybridized carbons (Fsp3) is 0.458. The largest absolute Gasteiger partial charge is 0.355 e. The van der Waals surface area contributed by atoms with Gasteiger partial charge in [0.2, 0.25) is 5.91 Å². The van der Waals surface area contributed by atoms with E-state index in [1.165, 1.54) is 23.4 Å². The summed E-state index contributed by atoms with van der Waals surface area (Å²) in [6, 6.07) is 9.96. The number of carbonyl (C=O) groups excluding carboxylic acids is 1. The summed E-state index contributed by atoms with van der Waals surface area (Å²) >= 11 is 1.22. The number of aromatic nitrogens is 4. The highest BCUT2D eigenvalue weighted by molar-refractivity contribution is 8.00. The lowest BCUT2D eigenvalue weighted by Crippen LogP contribution is -2.39. The van der Waals surface area contributed by atoms with Crippen molar-refractivity contribution in [1.29, 1.82) is 0 Å². The number of nitrogens with zero attached hydrogens (tertiary/aromatic N) is 4. The Kier molecular flexibility index (Phi) is 8.07. The van der Waals surface area contributed by atoms with E-state index in [9.17, 15) is 14.4 Å². The van der Waals surface area contributed by atoms with Crippen LogP contribution in [0.3, 0.4) is 0 Å². The zero-order chi connectivity index (χ0) is 24.1. The Bertz CT molecular complexity index is 1250. The highest BCUT2D eigenvalue weighted by atomic mass is 32.2. The number of benzene rings is 1. The van der Waals surface area contributed by atoms with Crippen LogP contribution in [0.5, 0.6) is 0 Å². The molecule has 2 heterocycles. The second-order valence-electron chi connectivity index (χ2n) is 8.33. The van der Waals surface area contributed by atoms with Crippen LogP contribution in [0.2, 0.25) is 0 Å². The summed E-state index contributed by atoms with van der Waals surface area (Å²) < 4.78 is 2.62. The third-order valence-corrected chi connectivity index (χ3v) is 6.43. The first kappa shape index (κ1) is 24.7. The molecular weight excluding hydrogens is 438 g/mol. The molecular formula is C24H31N5O3S. The Morgan fingerprint density at radius 2 is 1.82 bits per heavy atom. The molecule has 0 aliphatic heterocycles. The van der Waals surface area contributed by atoms with Gasteiger partial charge in [-0.05, 0) is 25.3 Å². The van der Waals surface area contributed by atoms with E-state index in [2.05, 4.69) is 15.3 Å². The molecule has 8 nitrogen and oxygen atoms in total. The van der Waals surface area contributed by atoms with Crippen molar-refractivity contribution < 1.29 is 4.79 Å². The number of hydrogen-bond donors (Lipinski definition) is 1. The van der Waals surface area contributed by atoms with Gasteiger partial charge in [-0.3, -0.25) is 18.7 Å². The van der Waals surface area contributed by atoms with Crippen molar-refractivity contribution in [2.75, 3.05) is 6.54 Å². The molecule has 1 unspecified atom stereocenters. The van der Waals surface area contributed by atoms with E-state index in [0.717, 1.165) is 23.0 Å². The van der Waals surface area contributed by atoms with Crippen molar-refractivity contribution >= 4 is 28.7 Å². The molecule has 33 heavy (non-hydrogen) atoms. The molecule has 1 amide bonds. The molecule has 3 rings (SSSR count). The van der Waals surface area contributed by atoms with Gasteiger partial charge in [0.25, 0.3) is 5.56 Å². The third kappa shape index (κ3) is 5.52. The second-order valence-corrected chi connectivity index (χ2v) is 9.65. The van der Waals surface area contributed by atoms with Crippen LogP contribution in [-0.2, 0) is 24.8 Å². The van der Waals surface area contributed by atoms with Crippen LogP contribution in [0, 0.1) is 0 Å². The van der Waals surface area contributed by atoms with E-state index in [1.54, 1.807) is 6.92 Å². The van der Waals surface area contributed by atoms with Crippen molar-refractivity contribution in [3.63, 3.8) is 0 Å². The molecule has 1 aromatic carbocycles. The molecule has 0 fully saturated rings. The summed E-state index contributed by atoms with van der Waals surface area (Å²) in [7, 11) is 1.46. The average Bonchev–Trinajstić information content (AvgIpc) is 2.80. The van der Waals surface area contributed by atoms with E-state index in [-0.39, 0.29) is 17.2 Å². The maximum Gasteiger partial charge on any atom is 0.332 e. The minimum absolute atomic E-state index is 0.00186. The number of amides is 1. The first-order chi connectivity index (χ1) is 15.7. The van der Waals surface area contributed by atoms with Crippen molar-refractivity contribution in [1.82, 2.24) is 24.4 Å². The molecule has 0 bridgehead atoms. The van der Waals surface area contributed by atoms with Gasteiger partial charge in [0.05, 0.1) is 5.25 Å². The van der Waals surface area contributed by atoms with Gasteiger partial charge >= 0.3 is 5.69 Å². The molecule has 0 spiro atoms. The summed E-state index contributed by atoms with van der Waals surface area (Å²) in [4.78, 5) is 47.7. The van der Waals surface area contributed by atoms with Crippen molar-refractivity contribution in [2.45, 2.75) is 63.3 Å². The van der Waals surface area contributed by atoms with Crippen molar-refractivity contribution in [3.05, 3.63) is 62.6 Å². The summed E-state index contributed by atoms with van der Waals surface area (Å²) in [6.07, 6.45) is 1.46. The van der Waals surface area contributed by atoms with E-state index in [0.29, 0.717) is 29.6 Å². The van der Waals surface area contributed by atoms with Crippen molar-refractivity contribution in [2.24, 2.45) is 7.05 Å². The van der Waals surface area contributed by atoms with Crippen LogP contribution >= 0.6 is 11.8 Å². The van der Waals surface area contributed by atoms with Gasteiger partial charge in [0.15, 0.2) is 5.65 Å². The standard InChI is InChI=1S/C24H31N5O3S/c1-6-14-29-20-18(23(31)28(5)24(29)32)22(27-19(26-20)15(2)3)33-16(4)21(30)25-13-12-17-10-8-7-9-11-17/h7-11,15-16H,6,12-14H2,1-5H3,(H,25,30). The Morgan fingerprint density at radius 1 is 1.12 bits per heavy atom. The van der Waals surface area contributed by atoms with E-state index >= 15 is 0 Å². The van der Waals surface area contributed by atoms with E-state index < -0.39 is 16.5 Å². The van der Waals surface area contributed by atoms with Crippen molar-refractivity contribution in [3.8, 4) is 0 Å². The van der Waals surface area contributed by atoms with Crippen LogP contribution in [0.25, 0.3) is 11.0 Å². The lowest BCUT2D eigenvalue weighted by Gasteiger charge is -2.17. The highest BCUT2D eigenvalue weighted by Crippen LogP contribution is 2.28. The molecule has 0 aliphatic carbocycles. The van der Waals surface area contributed by atoms with Gasteiger partial charge < -0.3 is 5.32 Å². The number of nitrogens with one attached hydrogen (secondary N) is 1. The average molecular weight is 470 g/mol. The lowest BCUT2D eigenvalue weighted by molar-refractivity contribution is -0.120. The number of hydrogen-bond acceptors (Lipinski definition) is 6. The third-order valence-electron chi connectivity index (χ3n) is 5.34. The molecule has 1 N–H and O–H groups in total. The van der Waals surface area contributed by atoms with Gasteiger partial charge in [0.1, 0.15) is 16.2 Å². The summed E-state index contributed by atoms with van der Waals surface area (Å²) in [5.74, 6) is 0.407. The molecule has 176 valence electrons. The molecule has 0 saturated carbocycles. The minimum Gasteiger partial charge on any atom is -0.355 e. The fourth-order valence-corrected chi connectivity index (χ4v) is 4.43. The molecule has 3 aromatic rings. The van der Waals surface area contributed by atoms with Crippen LogP contribution in [0.1, 0.15) is 51.4 Å². The summed E-state index contributed by atoms with van der Waals surface area (Å²) in [5, 5.41) is 3.20. The number of fused-ring (bicyclic) bond motifs is 1. The van der Waals surface area contributed by atoms with Gasteiger partial charge in [-0.2, -0.15) is 0 Å². The van der Waals surface area contributed by atoms with E-state index in [1.807, 2.05) is 51.1 Å². The lowest BCUT2D eigenvalue weighted by atomic mass is 10.1. The summed E-state index contributed by atoms with van der Waals surface area (Å²) in [5.41, 5.74) is 0.643. The van der Waals surface area contributed by atoms with Gasteiger partial charge in [-0.25, -0.2) is 14.8 Å². The number of thioether (sulfide) groups is 1. The van der Waals surface area contributed by atoms with Crippen LogP contribution in [-0.4, -0.2) is 36.8 Å². The molecule has 9 heteroatoms. The predicted molar refractivity (Wildman–Crippen MR) is 132 cm³/mol. The van der Waals surface area contributed by atoms with Crippen LogP contribution in [0.4, 0.5) is 0 Å². The fourth-order valence-electron chi connectivity index (χ4n) is 3.46. The Hall–Kier alpha value is -2.94. The first-order valence-corrected chi connectivity index (χ1v) is 12.1. The highest BCUT2D eigenvalue weighted by Gasteiger charge is 2.23. The van der Waals surface area contributed by atoms with Crippen LogP contribution < -0.4 is 16.6 Å². The maximum absolute atomic E-state index is 13.0.